The number of ether oxygens (including phenoxy) is 1. The second kappa shape index (κ2) is 6.08. The molecular formula is C17H15FN2O3. The Morgan fingerprint density at radius 3 is 2.78 bits per heavy atom. The van der Waals surface area contributed by atoms with E-state index >= 15 is 0 Å². The quantitative estimate of drug-likeness (QED) is 0.576. The van der Waals surface area contributed by atoms with Crippen LogP contribution in [0, 0.1) is 15.9 Å². The fraction of sp³-hybridized carbons (Fsp3) is 0.176. The molecule has 23 heavy (non-hydrogen) atoms. The van der Waals surface area contributed by atoms with Crippen molar-refractivity contribution in [1.29, 1.82) is 0 Å². The number of nitro groups is 1. The highest BCUT2D eigenvalue weighted by molar-refractivity contribution is 5.84. The zero-order chi connectivity index (χ0) is 16.4. The van der Waals surface area contributed by atoms with Gasteiger partial charge in [-0.25, -0.2) is 4.39 Å². The summed E-state index contributed by atoms with van der Waals surface area (Å²) in [7, 11) is 1.52. The third kappa shape index (κ3) is 2.88. The van der Waals surface area contributed by atoms with Gasteiger partial charge in [0.1, 0.15) is 11.6 Å². The number of aromatic nitrogens is 1. The van der Waals surface area contributed by atoms with Gasteiger partial charge >= 0.3 is 0 Å². The van der Waals surface area contributed by atoms with E-state index < -0.39 is 5.92 Å². The highest BCUT2D eigenvalue weighted by Gasteiger charge is 2.26. The largest absolute Gasteiger partial charge is 0.496 e. The molecule has 1 aromatic heterocycles. The molecule has 3 rings (SSSR count). The van der Waals surface area contributed by atoms with Gasteiger partial charge in [0.15, 0.2) is 0 Å². The van der Waals surface area contributed by atoms with Crippen LogP contribution in [0.2, 0.25) is 0 Å². The minimum Gasteiger partial charge on any atom is -0.496 e. The number of hydrogen-bond acceptors (Lipinski definition) is 3. The second-order valence-corrected chi connectivity index (χ2v) is 5.24. The minimum atomic E-state index is -0.531. The Morgan fingerprint density at radius 2 is 2.04 bits per heavy atom. The van der Waals surface area contributed by atoms with Gasteiger partial charge in [-0.3, -0.25) is 10.1 Å². The van der Waals surface area contributed by atoms with E-state index in [1.807, 2.05) is 0 Å². The molecule has 0 aliphatic carbocycles. The summed E-state index contributed by atoms with van der Waals surface area (Å²) < 4.78 is 18.9. The van der Waals surface area contributed by atoms with E-state index in [2.05, 4.69) is 4.98 Å². The van der Waals surface area contributed by atoms with Crippen molar-refractivity contribution in [1.82, 2.24) is 4.98 Å². The van der Waals surface area contributed by atoms with Crippen molar-refractivity contribution in [2.45, 2.75) is 5.92 Å². The van der Waals surface area contributed by atoms with Gasteiger partial charge < -0.3 is 9.72 Å². The lowest BCUT2D eigenvalue weighted by molar-refractivity contribution is -0.481. The van der Waals surface area contributed by atoms with Crippen LogP contribution < -0.4 is 4.74 Å². The molecule has 118 valence electrons. The number of halogens is 1. The van der Waals surface area contributed by atoms with E-state index in [0.29, 0.717) is 22.3 Å². The third-order valence-corrected chi connectivity index (χ3v) is 3.90. The number of methoxy groups -OCH3 is 1. The molecule has 0 fully saturated rings. The van der Waals surface area contributed by atoms with Gasteiger partial charge in [0, 0.05) is 27.6 Å². The molecule has 6 heteroatoms. The van der Waals surface area contributed by atoms with Crippen LogP contribution in [0.1, 0.15) is 17.0 Å². The normalized spacial score (nSPS) is 12.3. The molecular weight excluding hydrogens is 299 g/mol. The lowest BCUT2D eigenvalue weighted by Crippen LogP contribution is -2.14. The van der Waals surface area contributed by atoms with Crippen molar-refractivity contribution >= 4 is 10.9 Å². The minimum absolute atomic E-state index is 0.302. The fourth-order valence-corrected chi connectivity index (χ4v) is 2.87. The number of nitrogens with one attached hydrogen (secondary N) is 1. The Balaban J connectivity index is 2.18. The number of aromatic amines is 1. The number of benzene rings is 2. The van der Waals surface area contributed by atoms with Crippen molar-refractivity contribution in [2.75, 3.05) is 13.7 Å². The fourth-order valence-electron chi connectivity index (χ4n) is 2.87. The third-order valence-electron chi connectivity index (χ3n) is 3.90. The van der Waals surface area contributed by atoms with Crippen LogP contribution in [0.15, 0.2) is 48.7 Å². The number of rotatable bonds is 5. The Bertz CT molecular complexity index is 860. The molecule has 0 saturated carbocycles. The molecule has 0 bridgehead atoms. The Hall–Kier alpha value is -2.89. The van der Waals surface area contributed by atoms with E-state index in [9.17, 15) is 14.5 Å². The number of fused-ring (bicyclic) bond motifs is 1. The van der Waals surface area contributed by atoms with Crippen LogP contribution >= 0.6 is 0 Å². The predicted molar refractivity (Wildman–Crippen MR) is 85.0 cm³/mol. The van der Waals surface area contributed by atoms with Crippen molar-refractivity contribution in [2.24, 2.45) is 0 Å². The highest BCUT2D eigenvalue weighted by atomic mass is 19.1. The summed E-state index contributed by atoms with van der Waals surface area (Å²) >= 11 is 0. The van der Waals surface area contributed by atoms with Crippen LogP contribution in [-0.2, 0) is 0 Å². The molecule has 0 spiro atoms. The van der Waals surface area contributed by atoms with Crippen molar-refractivity contribution < 1.29 is 14.1 Å². The maximum absolute atomic E-state index is 13.6. The first-order valence-electron chi connectivity index (χ1n) is 7.11. The van der Waals surface area contributed by atoms with E-state index in [4.69, 9.17) is 4.74 Å². The van der Waals surface area contributed by atoms with Crippen molar-refractivity contribution in [3.63, 3.8) is 0 Å². The zero-order valence-electron chi connectivity index (χ0n) is 12.5. The number of nitrogens with zero attached hydrogens (tertiary/aromatic N) is 1. The van der Waals surface area contributed by atoms with Gasteiger partial charge in [-0.05, 0) is 29.8 Å². The molecule has 1 atom stereocenters. The first-order valence-corrected chi connectivity index (χ1v) is 7.11. The Kier molecular flexibility index (Phi) is 3.97. The molecule has 2 aromatic carbocycles. The van der Waals surface area contributed by atoms with Crippen LogP contribution in [0.4, 0.5) is 4.39 Å². The van der Waals surface area contributed by atoms with Gasteiger partial charge in [0.25, 0.3) is 0 Å². The number of H-pyrrole nitrogens is 1. The summed E-state index contributed by atoms with van der Waals surface area (Å²) in [5.41, 5.74) is 2.13. The smallest absolute Gasteiger partial charge is 0.214 e. The van der Waals surface area contributed by atoms with Gasteiger partial charge in [-0.2, -0.15) is 0 Å². The summed E-state index contributed by atoms with van der Waals surface area (Å²) in [5, 5.41) is 11.8. The molecule has 1 N–H and O–H groups in total. The number of hydrogen-bond donors (Lipinski definition) is 1. The summed E-state index contributed by atoms with van der Waals surface area (Å²) in [6.45, 7) is -0.302. The van der Waals surface area contributed by atoms with Crippen molar-refractivity contribution in [3.05, 3.63) is 75.7 Å². The topological polar surface area (TPSA) is 68.2 Å². The predicted octanol–water partition coefficient (Wildman–Crippen LogP) is 3.72. The van der Waals surface area contributed by atoms with Crippen molar-refractivity contribution in [3.8, 4) is 5.75 Å². The summed E-state index contributed by atoms with van der Waals surface area (Å²) in [4.78, 5) is 13.8. The van der Waals surface area contributed by atoms with E-state index in [1.54, 1.807) is 36.5 Å². The van der Waals surface area contributed by atoms with E-state index in [1.165, 1.54) is 19.2 Å². The first kappa shape index (κ1) is 15.0. The molecule has 1 heterocycles. The molecule has 5 nitrogen and oxygen atoms in total. The standard InChI is InChI=1S/C17H15FN2O3/c1-23-17-5-3-2-4-12(17)15(10-20(21)22)14-9-19-16-7-6-11(18)8-13(14)16/h2-9,15,19H,10H2,1H3/t15-/m0/s1. The van der Waals surface area contributed by atoms with Crippen LogP contribution in [0.25, 0.3) is 10.9 Å². The summed E-state index contributed by atoms with van der Waals surface area (Å²) in [6.07, 6.45) is 1.70. The van der Waals surface area contributed by atoms with Gasteiger partial charge in [0.2, 0.25) is 6.54 Å². The highest BCUT2D eigenvalue weighted by Crippen LogP contribution is 2.35. The van der Waals surface area contributed by atoms with Gasteiger partial charge in [0.05, 0.1) is 13.0 Å². The van der Waals surface area contributed by atoms with Crippen LogP contribution in [0.3, 0.4) is 0 Å². The average molecular weight is 314 g/mol. The molecule has 0 saturated heterocycles. The maximum atomic E-state index is 13.6. The first-order chi connectivity index (χ1) is 11.1. The van der Waals surface area contributed by atoms with E-state index in [-0.39, 0.29) is 17.3 Å². The monoisotopic (exact) mass is 314 g/mol. The molecule has 3 aromatic rings. The van der Waals surface area contributed by atoms with Crippen LogP contribution in [0.5, 0.6) is 5.75 Å². The molecule has 0 amide bonds. The lowest BCUT2D eigenvalue weighted by atomic mass is 9.90. The second-order valence-electron chi connectivity index (χ2n) is 5.24. The van der Waals surface area contributed by atoms with Crippen LogP contribution in [-0.4, -0.2) is 23.6 Å². The summed E-state index contributed by atoms with van der Waals surface area (Å²) in [5.74, 6) is -0.333. The maximum Gasteiger partial charge on any atom is 0.214 e. The Morgan fingerprint density at radius 1 is 1.26 bits per heavy atom. The van der Waals surface area contributed by atoms with E-state index in [0.717, 1.165) is 5.52 Å². The molecule has 0 aliphatic rings. The lowest BCUT2D eigenvalue weighted by Gasteiger charge is -2.16. The SMILES string of the molecule is COc1ccccc1[C@H](C[N+](=O)[O-])c1c[nH]c2ccc(F)cc12. The van der Waals surface area contributed by atoms with Gasteiger partial charge in [-0.1, -0.05) is 18.2 Å². The molecule has 0 unspecified atom stereocenters. The summed E-state index contributed by atoms with van der Waals surface area (Å²) in [6, 6.07) is 11.5. The number of para-hydroxylation sites is 1. The van der Waals surface area contributed by atoms with Gasteiger partial charge in [-0.15, -0.1) is 0 Å². The molecule has 0 aliphatic heterocycles. The zero-order valence-corrected chi connectivity index (χ0v) is 12.5. The molecule has 0 radical (unpaired) electrons. The Labute approximate surface area is 131 Å². The average Bonchev–Trinajstić information content (AvgIpc) is 2.95.